The van der Waals surface area contributed by atoms with Crippen molar-refractivity contribution in [2.75, 3.05) is 32.9 Å². The van der Waals surface area contributed by atoms with Crippen molar-refractivity contribution in [1.82, 2.24) is 4.90 Å². The van der Waals surface area contributed by atoms with Crippen LogP contribution in [0.1, 0.15) is 25.7 Å². The summed E-state index contributed by atoms with van der Waals surface area (Å²) >= 11 is 0. The summed E-state index contributed by atoms with van der Waals surface area (Å²) in [5, 5.41) is -4.49. The first-order valence-corrected chi connectivity index (χ1v) is 9.00. The van der Waals surface area contributed by atoms with Gasteiger partial charge < -0.3 is 9.47 Å². The third kappa shape index (κ3) is 4.59. The predicted octanol–water partition coefficient (Wildman–Crippen LogP) is 0.901. The Morgan fingerprint density at radius 2 is 1.87 bits per heavy atom. The van der Waals surface area contributed by atoms with Crippen molar-refractivity contribution in [1.29, 1.82) is 0 Å². The zero-order valence-corrected chi connectivity index (χ0v) is 13.4. The Bertz CT molecular complexity index is 521. The Morgan fingerprint density at radius 1 is 1.26 bits per heavy atom. The number of nitrogens with zero attached hydrogens (tertiary/aromatic N) is 1. The summed E-state index contributed by atoms with van der Waals surface area (Å²) in [7, 11) is -5.60. The standard InChI is InChI=1S/C13H21F2NO6S/c14-13(15,23(18,19)20)9-22-12(17)10-3-1-2-4-11(10)16-5-7-21-8-6-16/h10-11H,1-9H2,(H,18,19,20). The van der Waals surface area contributed by atoms with Crippen molar-refractivity contribution in [2.45, 2.75) is 37.0 Å². The van der Waals surface area contributed by atoms with Crippen LogP contribution in [0.15, 0.2) is 0 Å². The molecule has 0 amide bonds. The first-order chi connectivity index (χ1) is 10.7. The molecule has 7 nitrogen and oxygen atoms in total. The van der Waals surface area contributed by atoms with Gasteiger partial charge in [0.15, 0.2) is 6.61 Å². The van der Waals surface area contributed by atoms with E-state index in [-0.39, 0.29) is 6.04 Å². The van der Waals surface area contributed by atoms with E-state index < -0.39 is 33.9 Å². The number of hydrogen-bond acceptors (Lipinski definition) is 6. The molecule has 0 radical (unpaired) electrons. The van der Waals surface area contributed by atoms with Gasteiger partial charge in [0.2, 0.25) is 0 Å². The lowest BCUT2D eigenvalue weighted by Gasteiger charge is -2.40. The largest absolute Gasteiger partial charge is 0.458 e. The van der Waals surface area contributed by atoms with E-state index in [2.05, 4.69) is 9.64 Å². The maximum Gasteiger partial charge on any atom is 0.402 e. The third-order valence-electron chi connectivity index (χ3n) is 4.31. The number of ether oxygens (including phenoxy) is 2. The lowest BCUT2D eigenvalue weighted by Crippen LogP contribution is -2.50. The highest BCUT2D eigenvalue weighted by Gasteiger charge is 2.46. The number of morpholine rings is 1. The van der Waals surface area contributed by atoms with Crippen LogP contribution in [0, 0.1) is 5.92 Å². The molecule has 1 aliphatic carbocycles. The van der Waals surface area contributed by atoms with Gasteiger partial charge in [-0.05, 0) is 12.8 Å². The number of carbonyl (C=O) groups is 1. The molecular formula is C13H21F2NO6S. The van der Waals surface area contributed by atoms with E-state index in [0.29, 0.717) is 32.7 Å². The van der Waals surface area contributed by atoms with E-state index in [1.54, 1.807) is 0 Å². The van der Waals surface area contributed by atoms with Gasteiger partial charge >= 0.3 is 21.3 Å². The van der Waals surface area contributed by atoms with Gasteiger partial charge in [-0.3, -0.25) is 14.2 Å². The van der Waals surface area contributed by atoms with Gasteiger partial charge in [0.05, 0.1) is 19.1 Å². The molecule has 2 aliphatic rings. The molecule has 134 valence electrons. The Morgan fingerprint density at radius 3 is 2.48 bits per heavy atom. The molecule has 2 atom stereocenters. The molecule has 0 bridgehead atoms. The normalized spacial score (nSPS) is 27.6. The summed E-state index contributed by atoms with van der Waals surface area (Å²) in [6.45, 7) is 0.764. The number of rotatable bonds is 5. The number of halogens is 2. The maximum atomic E-state index is 13.2. The molecule has 0 spiro atoms. The fourth-order valence-electron chi connectivity index (χ4n) is 3.07. The lowest BCUT2D eigenvalue weighted by atomic mass is 9.83. The van der Waals surface area contributed by atoms with Gasteiger partial charge in [0.25, 0.3) is 0 Å². The smallest absolute Gasteiger partial charge is 0.402 e. The molecule has 0 aromatic rings. The van der Waals surface area contributed by atoms with Gasteiger partial charge in [-0.2, -0.15) is 17.2 Å². The fraction of sp³-hybridized carbons (Fsp3) is 0.923. The van der Waals surface area contributed by atoms with Crippen LogP contribution in [0.5, 0.6) is 0 Å². The molecule has 1 N–H and O–H groups in total. The van der Waals surface area contributed by atoms with Crippen LogP contribution in [0.25, 0.3) is 0 Å². The monoisotopic (exact) mass is 357 g/mol. The summed E-state index contributed by atoms with van der Waals surface area (Å²) < 4.78 is 65.6. The molecule has 1 saturated heterocycles. The second-order valence-corrected chi connectivity index (χ2v) is 7.37. The topological polar surface area (TPSA) is 93.1 Å². The summed E-state index contributed by atoms with van der Waals surface area (Å²) in [5.74, 6) is -1.41. The van der Waals surface area contributed by atoms with Gasteiger partial charge in [0, 0.05) is 19.1 Å². The molecule has 23 heavy (non-hydrogen) atoms. The molecule has 0 aromatic carbocycles. The van der Waals surface area contributed by atoms with Crippen LogP contribution in [-0.4, -0.2) is 68.0 Å². The van der Waals surface area contributed by atoms with E-state index in [1.165, 1.54) is 0 Å². The van der Waals surface area contributed by atoms with E-state index in [0.717, 1.165) is 19.3 Å². The minimum Gasteiger partial charge on any atom is -0.458 e. The number of carbonyl (C=O) groups excluding carboxylic acids is 1. The lowest BCUT2D eigenvalue weighted by molar-refractivity contribution is -0.159. The van der Waals surface area contributed by atoms with Crippen molar-refractivity contribution in [2.24, 2.45) is 5.92 Å². The molecular weight excluding hydrogens is 336 g/mol. The highest BCUT2D eigenvalue weighted by Crippen LogP contribution is 2.31. The molecule has 2 fully saturated rings. The van der Waals surface area contributed by atoms with Crippen LogP contribution < -0.4 is 0 Å². The first kappa shape index (κ1) is 18.5. The fourth-order valence-corrected chi connectivity index (χ4v) is 3.28. The molecule has 2 rings (SSSR count). The van der Waals surface area contributed by atoms with Crippen molar-refractivity contribution >= 4 is 16.1 Å². The Kier molecular flexibility index (Phi) is 5.93. The minimum atomic E-state index is -5.60. The third-order valence-corrected chi connectivity index (χ3v) is 5.18. The number of hydrogen-bond donors (Lipinski definition) is 1. The van der Waals surface area contributed by atoms with E-state index in [9.17, 15) is 22.0 Å². The van der Waals surface area contributed by atoms with Gasteiger partial charge in [-0.25, -0.2) is 0 Å². The second-order valence-electron chi connectivity index (χ2n) is 5.83. The van der Waals surface area contributed by atoms with E-state index >= 15 is 0 Å². The van der Waals surface area contributed by atoms with Gasteiger partial charge in [-0.1, -0.05) is 12.8 Å². The summed E-state index contributed by atoms with van der Waals surface area (Å²) in [6.07, 6.45) is 3.00. The van der Waals surface area contributed by atoms with Crippen molar-refractivity contribution < 1.29 is 36.0 Å². The molecule has 1 saturated carbocycles. The van der Waals surface area contributed by atoms with Crippen LogP contribution in [0.3, 0.4) is 0 Å². The summed E-state index contributed by atoms with van der Waals surface area (Å²) in [6, 6.07) is -0.112. The predicted molar refractivity (Wildman–Crippen MR) is 75.6 cm³/mol. The van der Waals surface area contributed by atoms with Crippen molar-refractivity contribution in [3.8, 4) is 0 Å². The van der Waals surface area contributed by atoms with Crippen molar-refractivity contribution in [3.05, 3.63) is 0 Å². The van der Waals surface area contributed by atoms with E-state index in [1.807, 2.05) is 0 Å². The first-order valence-electron chi connectivity index (χ1n) is 7.55. The zero-order chi connectivity index (χ0) is 17.1. The Hall–Kier alpha value is -0.840. The zero-order valence-electron chi connectivity index (χ0n) is 12.6. The average molecular weight is 357 g/mol. The van der Waals surface area contributed by atoms with Crippen LogP contribution >= 0.6 is 0 Å². The molecule has 2 unspecified atom stereocenters. The second kappa shape index (κ2) is 7.37. The highest BCUT2D eigenvalue weighted by molar-refractivity contribution is 7.86. The summed E-state index contributed by atoms with van der Waals surface area (Å²) in [5.41, 5.74) is 0. The Labute approximate surface area is 133 Å². The number of esters is 1. The maximum absolute atomic E-state index is 13.2. The summed E-state index contributed by atoms with van der Waals surface area (Å²) in [4.78, 5) is 14.2. The SMILES string of the molecule is O=C(OCC(F)(F)S(=O)(=O)O)C1CCCCC1N1CCOCC1. The van der Waals surface area contributed by atoms with Gasteiger partial charge in [0.1, 0.15) is 0 Å². The van der Waals surface area contributed by atoms with E-state index in [4.69, 9.17) is 9.29 Å². The molecule has 0 aromatic heterocycles. The Balaban J connectivity index is 1.98. The average Bonchev–Trinajstić information content (AvgIpc) is 2.52. The van der Waals surface area contributed by atoms with Crippen molar-refractivity contribution in [3.63, 3.8) is 0 Å². The van der Waals surface area contributed by atoms with Crippen LogP contribution in [-0.2, 0) is 24.4 Å². The van der Waals surface area contributed by atoms with Gasteiger partial charge in [-0.15, -0.1) is 0 Å². The van der Waals surface area contributed by atoms with Crippen LogP contribution in [0.4, 0.5) is 8.78 Å². The van der Waals surface area contributed by atoms with Crippen LogP contribution in [0.2, 0.25) is 0 Å². The minimum absolute atomic E-state index is 0.112. The molecule has 1 heterocycles. The highest BCUT2D eigenvalue weighted by atomic mass is 32.2. The molecule has 10 heteroatoms. The molecule has 1 aliphatic heterocycles. The quantitative estimate of drug-likeness (QED) is 0.577. The number of alkyl halides is 2.